The Bertz CT molecular complexity index is 1130. The van der Waals surface area contributed by atoms with Crippen molar-refractivity contribution < 1.29 is 19.1 Å². The molecule has 3 amide bonds. The van der Waals surface area contributed by atoms with Crippen LogP contribution in [0.2, 0.25) is 5.02 Å². The number of amides is 3. The molecule has 0 aliphatic heterocycles. The number of nitrogens with one attached hydrogen (secondary N) is 2. The summed E-state index contributed by atoms with van der Waals surface area (Å²) in [5.74, 6) is 1.36. The number of carbonyl (C=O) groups is 3. The van der Waals surface area contributed by atoms with Crippen LogP contribution in [0.5, 0.6) is 0 Å². The summed E-state index contributed by atoms with van der Waals surface area (Å²) in [6, 6.07) is 10.1. The van der Waals surface area contributed by atoms with Gasteiger partial charge in [0.2, 0.25) is 5.91 Å². The highest BCUT2D eigenvalue weighted by atomic mass is 35.5. The summed E-state index contributed by atoms with van der Waals surface area (Å²) in [4.78, 5) is 41.0. The lowest BCUT2D eigenvalue weighted by Crippen LogP contribution is -2.53. The normalized spacial score (nSPS) is 12.8. The van der Waals surface area contributed by atoms with Crippen LogP contribution in [-0.2, 0) is 14.3 Å². The second kappa shape index (κ2) is 12.0. The van der Waals surface area contributed by atoms with Crippen molar-refractivity contribution in [1.82, 2.24) is 10.2 Å². The summed E-state index contributed by atoms with van der Waals surface area (Å²) in [5, 5.41) is 5.90. The Hall–Kier alpha value is -3.50. The number of hydrogen-bond acceptors (Lipinski definition) is 4. The van der Waals surface area contributed by atoms with Crippen molar-refractivity contribution in [3.8, 4) is 12.3 Å². The van der Waals surface area contributed by atoms with Gasteiger partial charge in [-0.25, -0.2) is 4.79 Å². The molecule has 2 aromatic carbocycles. The Kier molecular flexibility index (Phi) is 9.55. The molecule has 0 saturated carbocycles. The molecule has 2 aromatic rings. The Balaban J connectivity index is 2.43. The molecule has 8 heteroatoms. The zero-order valence-electron chi connectivity index (χ0n) is 21.8. The molecule has 2 rings (SSSR count). The van der Waals surface area contributed by atoms with Gasteiger partial charge in [0, 0.05) is 12.6 Å². The number of likely N-dealkylation sites (N-methyl/N-ethyl adjacent to an activating group) is 1. The number of halogens is 1. The van der Waals surface area contributed by atoms with Crippen LogP contribution in [0.1, 0.15) is 57.4 Å². The average Bonchev–Trinajstić information content (AvgIpc) is 2.78. The van der Waals surface area contributed by atoms with Gasteiger partial charge in [-0.2, -0.15) is 0 Å². The first kappa shape index (κ1) is 28.7. The molecular weight excluding hydrogens is 478 g/mol. The van der Waals surface area contributed by atoms with Crippen molar-refractivity contribution in [3.05, 3.63) is 64.2 Å². The molecule has 36 heavy (non-hydrogen) atoms. The molecule has 0 radical (unpaired) electrons. The molecular formula is C28H34ClN3O4. The predicted molar refractivity (Wildman–Crippen MR) is 143 cm³/mol. The number of carbonyl (C=O) groups excluding carboxylic acids is 3. The van der Waals surface area contributed by atoms with Crippen molar-refractivity contribution in [2.45, 2.75) is 59.2 Å². The number of hydrogen-bond donors (Lipinski definition) is 2. The van der Waals surface area contributed by atoms with Crippen LogP contribution in [0.15, 0.2) is 42.5 Å². The largest absolute Gasteiger partial charge is 0.444 e. The third kappa shape index (κ3) is 7.50. The van der Waals surface area contributed by atoms with Crippen LogP contribution in [0, 0.1) is 25.2 Å². The van der Waals surface area contributed by atoms with Gasteiger partial charge in [-0.3, -0.25) is 9.59 Å². The number of anilines is 1. The minimum absolute atomic E-state index is 0.272. The van der Waals surface area contributed by atoms with Gasteiger partial charge in [0.25, 0.3) is 5.91 Å². The van der Waals surface area contributed by atoms with Gasteiger partial charge in [-0.05, 0) is 62.9 Å². The molecule has 0 aliphatic rings. The number of aryl methyl sites for hydroxylation is 1. The van der Waals surface area contributed by atoms with E-state index in [4.69, 9.17) is 22.8 Å². The van der Waals surface area contributed by atoms with E-state index in [9.17, 15) is 14.4 Å². The van der Waals surface area contributed by atoms with Gasteiger partial charge >= 0.3 is 6.09 Å². The van der Waals surface area contributed by atoms with Crippen LogP contribution in [0.4, 0.5) is 10.5 Å². The highest BCUT2D eigenvalue weighted by Crippen LogP contribution is 2.29. The van der Waals surface area contributed by atoms with Crippen LogP contribution < -0.4 is 10.6 Å². The highest BCUT2D eigenvalue weighted by molar-refractivity contribution is 6.34. The molecule has 0 bridgehead atoms. The first-order valence-electron chi connectivity index (χ1n) is 11.6. The SMILES string of the molecule is C#Cc1ccc(C(C(=O)Nc2c(C)cccc2Cl)N(C)C(=O)C(NC(=O)OC(C)(C)C)C(C)C)cc1. The van der Waals surface area contributed by atoms with Crippen LogP contribution in [0.25, 0.3) is 0 Å². The molecule has 7 nitrogen and oxygen atoms in total. The third-order valence-electron chi connectivity index (χ3n) is 5.45. The van der Waals surface area contributed by atoms with Crippen molar-refractivity contribution >= 4 is 35.2 Å². The second-order valence-electron chi connectivity index (χ2n) is 9.91. The number of terminal acetylenes is 1. The lowest BCUT2D eigenvalue weighted by molar-refractivity contribution is -0.140. The minimum Gasteiger partial charge on any atom is -0.444 e. The molecule has 192 valence electrons. The maximum atomic E-state index is 13.6. The van der Waals surface area contributed by atoms with Gasteiger partial charge in [0.05, 0.1) is 10.7 Å². The van der Waals surface area contributed by atoms with Gasteiger partial charge in [0.15, 0.2) is 0 Å². The quantitative estimate of drug-likeness (QED) is 0.493. The van der Waals surface area contributed by atoms with Crippen LogP contribution in [-0.4, -0.2) is 41.5 Å². The lowest BCUT2D eigenvalue weighted by Gasteiger charge is -2.33. The first-order valence-corrected chi connectivity index (χ1v) is 12.0. The van der Waals surface area contributed by atoms with E-state index in [-0.39, 0.29) is 5.92 Å². The van der Waals surface area contributed by atoms with Gasteiger partial charge in [0.1, 0.15) is 17.7 Å². The third-order valence-corrected chi connectivity index (χ3v) is 5.77. The number of alkyl carbamates (subject to hydrolysis) is 1. The zero-order chi connectivity index (χ0) is 27.2. The van der Waals surface area contributed by atoms with Crippen molar-refractivity contribution in [1.29, 1.82) is 0 Å². The van der Waals surface area contributed by atoms with E-state index in [2.05, 4.69) is 16.6 Å². The van der Waals surface area contributed by atoms with E-state index in [0.717, 1.165) is 5.56 Å². The molecule has 0 fully saturated rings. The van der Waals surface area contributed by atoms with Crippen molar-refractivity contribution in [3.63, 3.8) is 0 Å². The smallest absolute Gasteiger partial charge is 0.408 e. The fourth-order valence-electron chi connectivity index (χ4n) is 3.59. The van der Waals surface area contributed by atoms with E-state index < -0.39 is 35.6 Å². The maximum Gasteiger partial charge on any atom is 0.408 e. The second-order valence-corrected chi connectivity index (χ2v) is 10.3. The molecule has 2 atom stereocenters. The summed E-state index contributed by atoms with van der Waals surface area (Å²) < 4.78 is 5.34. The number of nitrogens with zero attached hydrogens (tertiary/aromatic N) is 1. The van der Waals surface area contributed by atoms with Gasteiger partial charge in [-0.15, -0.1) is 6.42 Å². The Labute approximate surface area is 218 Å². The van der Waals surface area contributed by atoms with E-state index in [1.807, 2.05) is 13.0 Å². The Morgan fingerprint density at radius 3 is 2.19 bits per heavy atom. The molecule has 0 saturated heterocycles. The lowest BCUT2D eigenvalue weighted by atomic mass is 9.98. The van der Waals surface area contributed by atoms with Gasteiger partial charge < -0.3 is 20.3 Å². The molecule has 0 aromatic heterocycles. The summed E-state index contributed by atoms with van der Waals surface area (Å²) >= 11 is 6.33. The number of ether oxygens (including phenoxy) is 1. The molecule has 0 spiro atoms. The molecule has 2 N–H and O–H groups in total. The summed E-state index contributed by atoms with van der Waals surface area (Å²) in [6.07, 6.45) is 4.77. The number of rotatable bonds is 7. The minimum atomic E-state index is -1.03. The highest BCUT2D eigenvalue weighted by Gasteiger charge is 2.35. The van der Waals surface area contributed by atoms with E-state index in [1.165, 1.54) is 11.9 Å². The van der Waals surface area contributed by atoms with Gasteiger partial charge in [-0.1, -0.05) is 55.6 Å². The van der Waals surface area contributed by atoms with E-state index in [0.29, 0.717) is 21.8 Å². The maximum absolute atomic E-state index is 13.6. The molecule has 0 heterocycles. The van der Waals surface area contributed by atoms with Crippen LogP contribution >= 0.6 is 11.6 Å². The fraction of sp³-hybridized carbons (Fsp3) is 0.393. The number of para-hydroxylation sites is 1. The summed E-state index contributed by atoms with van der Waals surface area (Å²) in [5.41, 5.74) is 1.70. The van der Waals surface area contributed by atoms with Crippen molar-refractivity contribution in [2.75, 3.05) is 12.4 Å². The monoisotopic (exact) mass is 511 g/mol. The standard InChI is InChI=1S/C28H34ClN3O4/c1-9-19-13-15-20(16-14-19)24(25(33)30-23-18(4)11-10-12-21(23)29)32(8)26(34)22(17(2)3)31-27(35)36-28(5,6)7/h1,10-17,22,24H,2-8H3,(H,30,33)(H,31,35). The van der Waals surface area contributed by atoms with Crippen molar-refractivity contribution in [2.24, 2.45) is 5.92 Å². The fourth-order valence-corrected chi connectivity index (χ4v) is 3.86. The predicted octanol–water partition coefficient (Wildman–Crippen LogP) is 5.32. The Morgan fingerprint density at radius 1 is 1.08 bits per heavy atom. The topological polar surface area (TPSA) is 87.7 Å². The number of benzene rings is 2. The Morgan fingerprint density at radius 2 is 1.69 bits per heavy atom. The zero-order valence-corrected chi connectivity index (χ0v) is 22.6. The summed E-state index contributed by atoms with van der Waals surface area (Å²) in [7, 11) is 1.52. The average molecular weight is 512 g/mol. The van der Waals surface area contributed by atoms with E-state index in [1.54, 1.807) is 71.0 Å². The van der Waals surface area contributed by atoms with E-state index >= 15 is 0 Å². The molecule has 2 unspecified atom stereocenters. The molecule has 0 aliphatic carbocycles. The first-order chi connectivity index (χ1) is 16.7. The summed E-state index contributed by atoms with van der Waals surface area (Å²) in [6.45, 7) is 10.6. The van der Waals surface area contributed by atoms with Crippen LogP contribution in [0.3, 0.4) is 0 Å².